The Morgan fingerprint density at radius 1 is 1.32 bits per heavy atom. The molecule has 0 radical (unpaired) electrons. The number of amides is 1. The zero-order valence-corrected chi connectivity index (χ0v) is 17.2. The summed E-state index contributed by atoms with van der Waals surface area (Å²) in [7, 11) is -2.30. The van der Waals surface area contributed by atoms with Crippen LogP contribution >= 0.6 is 0 Å². The molecule has 8 nitrogen and oxygen atoms in total. The molecule has 0 saturated carbocycles. The van der Waals surface area contributed by atoms with Crippen molar-refractivity contribution in [2.45, 2.75) is 38.3 Å². The monoisotopic (exact) mass is 406 g/mol. The van der Waals surface area contributed by atoms with Gasteiger partial charge in [-0.05, 0) is 37.8 Å². The fourth-order valence-electron chi connectivity index (χ4n) is 3.16. The van der Waals surface area contributed by atoms with Gasteiger partial charge in [-0.2, -0.15) is 9.40 Å². The van der Waals surface area contributed by atoms with Gasteiger partial charge in [-0.3, -0.25) is 9.48 Å². The first kappa shape index (κ1) is 20.3. The first-order valence-electron chi connectivity index (χ1n) is 9.38. The van der Waals surface area contributed by atoms with Crippen LogP contribution in [-0.4, -0.2) is 48.6 Å². The van der Waals surface area contributed by atoms with Crippen LogP contribution in [-0.2, 0) is 16.6 Å². The van der Waals surface area contributed by atoms with Crippen LogP contribution in [0.25, 0.3) is 0 Å². The predicted octanol–water partition coefficient (Wildman–Crippen LogP) is 2.58. The first-order valence-corrected chi connectivity index (χ1v) is 10.8. The van der Waals surface area contributed by atoms with Crippen molar-refractivity contribution in [1.82, 2.24) is 14.1 Å². The number of hydrogen-bond acceptors (Lipinski definition) is 5. The van der Waals surface area contributed by atoms with Gasteiger partial charge in [0.25, 0.3) is 15.9 Å². The maximum atomic E-state index is 13.2. The fraction of sp³-hybridized carbons (Fsp3) is 0.474. The number of aryl methyl sites for hydroxylation is 1. The maximum Gasteiger partial charge on any atom is 0.263 e. The minimum absolute atomic E-state index is 0.0447. The van der Waals surface area contributed by atoms with Crippen LogP contribution in [0.2, 0.25) is 0 Å². The summed E-state index contributed by atoms with van der Waals surface area (Å²) in [5, 5.41) is 6.74. The van der Waals surface area contributed by atoms with E-state index in [4.69, 9.17) is 4.74 Å². The van der Waals surface area contributed by atoms with Crippen LogP contribution in [0.1, 0.15) is 37.0 Å². The Bertz CT molecular complexity index is 947. The summed E-state index contributed by atoms with van der Waals surface area (Å²) in [5.41, 5.74) is 0.562. The molecule has 1 aromatic carbocycles. The molecule has 0 atom stereocenters. The van der Waals surface area contributed by atoms with E-state index in [2.05, 4.69) is 17.3 Å². The number of aromatic nitrogens is 2. The summed E-state index contributed by atoms with van der Waals surface area (Å²) >= 11 is 0. The van der Waals surface area contributed by atoms with Crippen molar-refractivity contribution in [3.63, 3.8) is 0 Å². The second kappa shape index (κ2) is 8.32. The Balaban J connectivity index is 1.91. The number of rotatable bonds is 6. The van der Waals surface area contributed by atoms with E-state index in [1.807, 2.05) is 6.92 Å². The Kier molecular flexibility index (Phi) is 6.04. The van der Waals surface area contributed by atoms with Crippen molar-refractivity contribution in [2.75, 3.05) is 25.5 Å². The highest BCUT2D eigenvalue weighted by Crippen LogP contribution is 2.26. The molecule has 9 heteroatoms. The maximum absolute atomic E-state index is 13.2. The number of ether oxygens (including phenoxy) is 1. The number of carbonyl (C=O) groups is 1. The number of anilines is 1. The highest BCUT2D eigenvalue weighted by Gasteiger charge is 2.34. The number of sulfonamides is 1. The van der Waals surface area contributed by atoms with Gasteiger partial charge in [0, 0.05) is 37.6 Å². The zero-order valence-electron chi connectivity index (χ0n) is 16.4. The summed E-state index contributed by atoms with van der Waals surface area (Å²) in [6, 6.07) is 6.89. The molecule has 1 aromatic heterocycles. The van der Waals surface area contributed by atoms with Crippen molar-refractivity contribution in [3.8, 4) is 5.75 Å². The molecular weight excluding hydrogens is 380 g/mol. The van der Waals surface area contributed by atoms with Gasteiger partial charge in [0.15, 0.2) is 0 Å². The van der Waals surface area contributed by atoms with Gasteiger partial charge < -0.3 is 10.1 Å². The van der Waals surface area contributed by atoms with Gasteiger partial charge in [0.2, 0.25) is 5.03 Å². The summed E-state index contributed by atoms with van der Waals surface area (Å²) in [6.07, 6.45) is 3.09. The molecule has 28 heavy (non-hydrogen) atoms. The normalized spacial score (nSPS) is 16.1. The van der Waals surface area contributed by atoms with Crippen LogP contribution in [0.3, 0.4) is 0 Å². The van der Waals surface area contributed by atoms with E-state index in [9.17, 15) is 13.2 Å². The Hall–Kier alpha value is -2.39. The van der Waals surface area contributed by atoms with Crippen LogP contribution in [0.5, 0.6) is 5.75 Å². The number of hydrogen-bond donors (Lipinski definition) is 1. The molecule has 0 bridgehead atoms. The molecule has 1 N–H and O–H groups in total. The van der Waals surface area contributed by atoms with Crippen molar-refractivity contribution in [3.05, 3.63) is 36.0 Å². The lowest BCUT2D eigenvalue weighted by molar-refractivity contribution is 0.102. The predicted molar refractivity (Wildman–Crippen MR) is 106 cm³/mol. The molecule has 2 aromatic rings. The van der Waals surface area contributed by atoms with Gasteiger partial charge in [0.05, 0.1) is 12.7 Å². The Morgan fingerprint density at radius 3 is 2.68 bits per heavy atom. The lowest BCUT2D eigenvalue weighted by atomic mass is 10.0. The van der Waals surface area contributed by atoms with Gasteiger partial charge in [0.1, 0.15) is 5.75 Å². The minimum atomic E-state index is -3.84. The number of nitrogens with one attached hydrogen (secondary N) is 1. The van der Waals surface area contributed by atoms with Crippen molar-refractivity contribution in [2.24, 2.45) is 5.92 Å². The van der Waals surface area contributed by atoms with E-state index < -0.39 is 15.9 Å². The topological polar surface area (TPSA) is 93.5 Å². The fourth-order valence-corrected chi connectivity index (χ4v) is 4.73. The third kappa shape index (κ3) is 4.20. The highest BCUT2D eigenvalue weighted by atomic mass is 32.2. The highest BCUT2D eigenvalue weighted by molar-refractivity contribution is 7.89. The van der Waals surface area contributed by atoms with Gasteiger partial charge in [-0.25, -0.2) is 8.42 Å². The zero-order chi connectivity index (χ0) is 20.3. The van der Waals surface area contributed by atoms with E-state index in [0.717, 1.165) is 12.8 Å². The van der Waals surface area contributed by atoms with E-state index in [-0.39, 0.29) is 10.6 Å². The Labute approximate surface area is 165 Å². The number of benzene rings is 1. The van der Waals surface area contributed by atoms with E-state index >= 15 is 0 Å². The molecule has 0 aliphatic carbocycles. The molecule has 3 rings (SSSR count). The number of nitrogens with zero attached hydrogens (tertiary/aromatic N) is 3. The molecule has 1 aliphatic heterocycles. The summed E-state index contributed by atoms with van der Waals surface area (Å²) in [6.45, 7) is 5.31. The summed E-state index contributed by atoms with van der Waals surface area (Å²) in [5.74, 6) is 0.574. The molecule has 1 aliphatic rings. The summed E-state index contributed by atoms with van der Waals surface area (Å²) in [4.78, 5) is 12.9. The molecule has 1 fully saturated rings. The average molecular weight is 407 g/mol. The molecule has 1 saturated heterocycles. The minimum Gasteiger partial charge on any atom is -0.497 e. The van der Waals surface area contributed by atoms with E-state index in [0.29, 0.717) is 37.0 Å². The Morgan fingerprint density at radius 2 is 2.04 bits per heavy atom. The molecular formula is C19H26N4O4S. The molecule has 1 amide bonds. The summed E-state index contributed by atoms with van der Waals surface area (Å²) < 4.78 is 34.4. The molecule has 0 unspecified atom stereocenters. The largest absolute Gasteiger partial charge is 0.497 e. The average Bonchev–Trinajstić information content (AvgIpc) is 3.14. The molecule has 2 heterocycles. The second-order valence-electron chi connectivity index (χ2n) is 6.98. The van der Waals surface area contributed by atoms with Crippen LogP contribution in [0.4, 0.5) is 5.69 Å². The third-order valence-electron chi connectivity index (χ3n) is 4.95. The number of piperidine rings is 1. The van der Waals surface area contributed by atoms with Gasteiger partial charge in [-0.15, -0.1) is 0 Å². The first-order chi connectivity index (χ1) is 13.3. The standard InChI is InChI=1S/C19H26N4O4S/c1-4-22-13-17(18(24)20-15-6-5-7-16(12-15)27-3)19(21-22)28(25,26)23-10-8-14(2)9-11-23/h5-7,12-14H,4,8-11H2,1-3H3,(H,20,24). The lowest BCUT2D eigenvalue weighted by Gasteiger charge is -2.28. The smallest absolute Gasteiger partial charge is 0.263 e. The van der Waals surface area contributed by atoms with Gasteiger partial charge in [-0.1, -0.05) is 13.0 Å². The van der Waals surface area contributed by atoms with E-state index in [1.165, 1.54) is 22.3 Å². The number of methoxy groups -OCH3 is 1. The number of carbonyl (C=O) groups excluding carboxylic acids is 1. The van der Waals surface area contributed by atoms with Crippen LogP contribution < -0.4 is 10.1 Å². The lowest BCUT2D eigenvalue weighted by Crippen LogP contribution is -2.38. The third-order valence-corrected chi connectivity index (χ3v) is 6.79. The van der Waals surface area contributed by atoms with Crippen molar-refractivity contribution < 1.29 is 17.9 Å². The van der Waals surface area contributed by atoms with E-state index in [1.54, 1.807) is 24.3 Å². The molecule has 152 valence electrons. The quantitative estimate of drug-likeness (QED) is 0.796. The van der Waals surface area contributed by atoms with Crippen molar-refractivity contribution >= 4 is 21.6 Å². The van der Waals surface area contributed by atoms with Crippen LogP contribution in [0, 0.1) is 5.92 Å². The van der Waals surface area contributed by atoms with Gasteiger partial charge >= 0.3 is 0 Å². The second-order valence-corrected chi connectivity index (χ2v) is 8.83. The SMILES string of the molecule is CCn1cc(C(=O)Nc2cccc(OC)c2)c(S(=O)(=O)N2CCC(C)CC2)n1. The van der Waals surface area contributed by atoms with Crippen LogP contribution in [0.15, 0.2) is 35.5 Å². The van der Waals surface area contributed by atoms with Crippen molar-refractivity contribution in [1.29, 1.82) is 0 Å². The molecule has 0 spiro atoms.